The van der Waals surface area contributed by atoms with Crippen molar-refractivity contribution < 1.29 is 4.79 Å². The first-order chi connectivity index (χ1) is 7.58. The van der Waals surface area contributed by atoms with Crippen molar-refractivity contribution in [1.29, 1.82) is 0 Å². The second kappa shape index (κ2) is 5.64. The maximum absolute atomic E-state index is 11.8. The molecule has 1 aromatic heterocycles. The van der Waals surface area contributed by atoms with E-state index in [2.05, 4.69) is 9.36 Å². The molecule has 1 heterocycles. The summed E-state index contributed by atoms with van der Waals surface area (Å²) in [6, 6.07) is 0. The lowest BCUT2D eigenvalue weighted by Gasteiger charge is -2.22. The smallest absolute Gasteiger partial charge is 0.242 e. The lowest BCUT2D eigenvalue weighted by molar-refractivity contribution is -0.129. The third-order valence-electron chi connectivity index (χ3n) is 2.25. The molecule has 0 aliphatic carbocycles. The Kier molecular flexibility index (Phi) is 4.48. The summed E-state index contributed by atoms with van der Waals surface area (Å²) in [5.41, 5.74) is 5.43. The second-order valence-electron chi connectivity index (χ2n) is 3.36. The van der Waals surface area contributed by atoms with E-state index in [0.717, 1.165) is 13.1 Å². The monoisotopic (exact) mass is 243 g/mol. The van der Waals surface area contributed by atoms with Crippen LogP contribution in [0.4, 0.5) is 11.1 Å². The minimum Gasteiger partial charge on any atom is -0.367 e. The number of nitrogens with zero attached hydrogens (tertiary/aromatic N) is 4. The topological polar surface area (TPSA) is 75.4 Å². The number of hydrogen-bond acceptors (Lipinski definition) is 6. The Morgan fingerprint density at radius 1 is 1.44 bits per heavy atom. The summed E-state index contributed by atoms with van der Waals surface area (Å²) in [4.78, 5) is 19.4. The molecule has 0 aromatic carbocycles. The molecule has 0 radical (unpaired) electrons. The highest BCUT2D eigenvalue weighted by atomic mass is 32.1. The molecule has 1 rings (SSSR count). The van der Waals surface area contributed by atoms with Gasteiger partial charge in [0.1, 0.15) is 0 Å². The maximum Gasteiger partial charge on any atom is 0.242 e. The lowest BCUT2D eigenvalue weighted by Crippen LogP contribution is -2.38. The molecule has 6 nitrogen and oxygen atoms in total. The maximum atomic E-state index is 11.8. The highest BCUT2D eigenvalue weighted by molar-refractivity contribution is 7.09. The van der Waals surface area contributed by atoms with Gasteiger partial charge in [0.15, 0.2) is 0 Å². The number of anilines is 2. The van der Waals surface area contributed by atoms with Crippen LogP contribution in [0.2, 0.25) is 0 Å². The standard InChI is InChI=1S/C9H17N5OS/c1-4-14(5-2)7(15)6-13(3)9-11-8(10)12-16-9/h4-6H2,1-3H3,(H2,10,12). The van der Waals surface area contributed by atoms with Gasteiger partial charge in [0.05, 0.1) is 6.54 Å². The summed E-state index contributed by atoms with van der Waals surface area (Å²) in [6.07, 6.45) is 0. The number of nitrogen functional groups attached to an aromatic ring is 1. The summed E-state index contributed by atoms with van der Waals surface area (Å²) >= 11 is 1.20. The van der Waals surface area contributed by atoms with E-state index in [1.54, 1.807) is 16.8 Å². The Morgan fingerprint density at radius 2 is 2.06 bits per heavy atom. The molecular weight excluding hydrogens is 226 g/mol. The summed E-state index contributed by atoms with van der Waals surface area (Å²) in [7, 11) is 1.81. The van der Waals surface area contributed by atoms with Gasteiger partial charge in [-0.3, -0.25) is 4.79 Å². The van der Waals surface area contributed by atoms with Gasteiger partial charge >= 0.3 is 0 Å². The Bertz CT molecular complexity index is 349. The summed E-state index contributed by atoms with van der Waals surface area (Å²) < 4.78 is 3.87. The molecule has 7 heteroatoms. The van der Waals surface area contributed by atoms with Gasteiger partial charge in [-0.15, -0.1) is 0 Å². The zero-order valence-corrected chi connectivity index (χ0v) is 10.6. The van der Waals surface area contributed by atoms with Gasteiger partial charge in [-0.05, 0) is 13.8 Å². The molecule has 2 N–H and O–H groups in total. The van der Waals surface area contributed by atoms with Gasteiger partial charge in [-0.25, -0.2) is 0 Å². The number of rotatable bonds is 5. The number of hydrogen-bond donors (Lipinski definition) is 1. The van der Waals surface area contributed by atoms with Crippen molar-refractivity contribution in [2.24, 2.45) is 0 Å². The van der Waals surface area contributed by atoms with E-state index in [-0.39, 0.29) is 11.9 Å². The van der Waals surface area contributed by atoms with E-state index in [9.17, 15) is 4.79 Å². The van der Waals surface area contributed by atoms with Crippen LogP contribution in [-0.4, -0.2) is 46.8 Å². The fourth-order valence-corrected chi connectivity index (χ4v) is 1.88. The van der Waals surface area contributed by atoms with E-state index in [1.807, 2.05) is 13.8 Å². The average Bonchev–Trinajstić information content (AvgIpc) is 2.66. The van der Waals surface area contributed by atoms with E-state index < -0.39 is 0 Å². The summed E-state index contributed by atoms with van der Waals surface area (Å²) in [5.74, 6) is 0.336. The van der Waals surface area contributed by atoms with Crippen molar-refractivity contribution >= 4 is 28.5 Å². The zero-order chi connectivity index (χ0) is 12.1. The van der Waals surface area contributed by atoms with Crippen molar-refractivity contribution in [2.75, 3.05) is 37.3 Å². The van der Waals surface area contributed by atoms with Crippen molar-refractivity contribution in [3.8, 4) is 0 Å². The van der Waals surface area contributed by atoms with Crippen LogP contribution in [-0.2, 0) is 4.79 Å². The van der Waals surface area contributed by atoms with Crippen LogP contribution in [0.5, 0.6) is 0 Å². The predicted octanol–water partition coefficient (Wildman–Crippen LogP) is 0.425. The highest BCUT2D eigenvalue weighted by Gasteiger charge is 2.14. The third kappa shape index (κ3) is 3.06. The van der Waals surface area contributed by atoms with Crippen LogP contribution in [0.15, 0.2) is 0 Å². The molecule has 0 unspecified atom stereocenters. The van der Waals surface area contributed by atoms with Crippen LogP contribution in [0.25, 0.3) is 0 Å². The fourth-order valence-electron chi connectivity index (χ4n) is 1.33. The van der Waals surface area contributed by atoms with Gasteiger partial charge < -0.3 is 15.5 Å². The lowest BCUT2D eigenvalue weighted by atomic mass is 10.4. The first-order valence-electron chi connectivity index (χ1n) is 5.16. The molecule has 1 amide bonds. The van der Waals surface area contributed by atoms with Gasteiger partial charge in [0, 0.05) is 31.7 Å². The molecular formula is C9H17N5OS. The number of carbonyl (C=O) groups is 1. The van der Waals surface area contributed by atoms with Gasteiger partial charge in [-0.1, -0.05) is 0 Å². The van der Waals surface area contributed by atoms with Crippen LogP contribution < -0.4 is 10.6 Å². The zero-order valence-electron chi connectivity index (χ0n) is 9.80. The van der Waals surface area contributed by atoms with Crippen LogP contribution in [0.1, 0.15) is 13.8 Å². The van der Waals surface area contributed by atoms with Gasteiger partial charge in [0.2, 0.25) is 17.0 Å². The largest absolute Gasteiger partial charge is 0.367 e. The molecule has 0 saturated heterocycles. The minimum atomic E-state index is 0.0845. The SMILES string of the molecule is CCN(CC)C(=O)CN(C)c1nc(N)ns1. The number of amides is 1. The van der Waals surface area contributed by atoms with Crippen molar-refractivity contribution in [3.63, 3.8) is 0 Å². The Hall–Kier alpha value is -1.37. The van der Waals surface area contributed by atoms with Gasteiger partial charge in [-0.2, -0.15) is 9.36 Å². The second-order valence-corrected chi connectivity index (χ2v) is 4.09. The first-order valence-corrected chi connectivity index (χ1v) is 5.93. The fraction of sp³-hybridized carbons (Fsp3) is 0.667. The molecule has 0 bridgehead atoms. The molecule has 0 aliphatic heterocycles. The van der Waals surface area contributed by atoms with Crippen molar-refractivity contribution in [2.45, 2.75) is 13.8 Å². The molecule has 90 valence electrons. The van der Waals surface area contributed by atoms with E-state index >= 15 is 0 Å². The molecule has 0 spiro atoms. The first kappa shape index (κ1) is 12.7. The Morgan fingerprint density at radius 3 is 2.50 bits per heavy atom. The van der Waals surface area contributed by atoms with Crippen molar-refractivity contribution in [3.05, 3.63) is 0 Å². The summed E-state index contributed by atoms with van der Waals surface area (Å²) in [5, 5.41) is 0.665. The molecule has 0 aliphatic rings. The number of nitrogens with two attached hydrogens (primary N) is 1. The molecule has 0 fully saturated rings. The quantitative estimate of drug-likeness (QED) is 0.811. The Labute approximate surface area is 99.2 Å². The van der Waals surface area contributed by atoms with E-state index in [4.69, 9.17) is 5.73 Å². The normalized spacial score (nSPS) is 10.2. The minimum absolute atomic E-state index is 0.0845. The van der Waals surface area contributed by atoms with Crippen molar-refractivity contribution in [1.82, 2.24) is 14.3 Å². The molecule has 0 atom stereocenters. The molecule has 16 heavy (non-hydrogen) atoms. The van der Waals surface area contributed by atoms with Crippen LogP contribution in [0.3, 0.4) is 0 Å². The number of carbonyl (C=O) groups excluding carboxylic acids is 1. The van der Waals surface area contributed by atoms with E-state index in [0.29, 0.717) is 11.7 Å². The number of aromatic nitrogens is 2. The molecule has 0 saturated carbocycles. The molecule has 1 aromatic rings. The highest BCUT2D eigenvalue weighted by Crippen LogP contribution is 2.16. The third-order valence-corrected chi connectivity index (χ3v) is 3.09. The van der Waals surface area contributed by atoms with Crippen LogP contribution in [0, 0.1) is 0 Å². The average molecular weight is 243 g/mol. The Balaban J connectivity index is 2.57. The van der Waals surface area contributed by atoms with E-state index in [1.165, 1.54) is 11.5 Å². The number of likely N-dealkylation sites (N-methyl/N-ethyl adjacent to an activating group) is 2. The summed E-state index contributed by atoms with van der Waals surface area (Å²) in [6.45, 7) is 5.67. The predicted molar refractivity (Wildman–Crippen MR) is 65.5 cm³/mol. The van der Waals surface area contributed by atoms with Gasteiger partial charge in [0.25, 0.3) is 0 Å². The van der Waals surface area contributed by atoms with Crippen LogP contribution >= 0.6 is 11.5 Å².